The Morgan fingerprint density at radius 3 is 2.74 bits per heavy atom. The lowest BCUT2D eigenvalue weighted by atomic mass is 10.1. The Balaban J connectivity index is 1.19. The highest BCUT2D eigenvalue weighted by Crippen LogP contribution is 2.30. The first-order valence-corrected chi connectivity index (χ1v) is 12.2. The Morgan fingerprint density at radius 2 is 1.90 bits per heavy atom. The number of carbonyl (C=O) groups excluding carboxylic acids is 1. The minimum Gasteiger partial charge on any atom is -0.457 e. The molecule has 6 aromatic rings. The van der Waals surface area contributed by atoms with Crippen molar-refractivity contribution < 1.29 is 9.53 Å². The molecule has 1 amide bonds. The molecule has 0 aliphatic heterocycles. The predicted octanol–water partition coefficient (Wildman–Crippen LogP) is 5.51. The van der Waals surface area contributed by atoms with Crippen molar-refractivity contribution in [2.75, 3.05) is 10.6 Å². The lowest BCUT2D eigenvalue weighted by Gasteiger charge is -2.13. The maximum atomic E-state index is 12.5. The van der Waals surface area contributed by atoms with Gasteiger partial charge in [-0.15, -0.1) is 10.2 Å². The summed E-state index contributed by atoms with van der Waals surface area (Å²) in [6.07, 6.45) is 10.2. The van der Waals surface area contributed by atoms with E-state index >= 15 is 0 Å². The molecule has 0 saturated heterocycles. The normalized spacial score (nSPS) is 11.3. The summed E-state index contributed by atoms with van der Waals surface area (Å²) in [5.41, 5.74) is 4.83. The molecular formula is C29H24N8O2. The van der Waals surface area contributed by atoms with Crippen LogP contribution in [0.5, 0.6) is 11.5 Å². The van der Waals surface area contributed by atoms with Crippen LogP contribution in [0.15, 0.2) is 91.8 Å². The molecule has 0 unspecified atom stereocenters. The summed E-state index contributed by atoms with van der Waals surface area (Å²) in [5.74, 6) is 1.80. The van der Waals surface area contributed by atoms with Crippen molar-refractivity contribution in [3.63, 3.8) is 0 Å². The second-order valence-corrected chi connectivity index (χ2v) is 8.99. The Hall–Kier alpha value is -5.51. The van der Waals surface area contributed by atoms with E-state index in [4.69, 9.17) is 4.74 Å². The summed E-state index contributed by atoms with van der Waals surface area (Å²) < 4.78 is 9.84. The number of fused-ring (bicyclic) bond motifs is 2. The summed E-state index contributed by atoms with van der Waals surface area (Å²) in [5, 5.41) is 15.0. The van der Waals surface area contributed by atoms with Crippen LogP contribution in [0.4, 0.5) is 17.2 Å². The maximum Gasteiger partial charge on any atom is 0.248 e. The van der Waals surface area contributed by atoms with E-state index in [9.17, 15) is 4.79 Å². The average molecular weight is 517 g/mol. The van der Waals surface area contributed by atoms with Gasteiger partial charge in [0.1, 0.15) is 30.0 Å². The van der Waals surface area contributed by atoms with Crippen molar-refractivity contribution >= 4 is 45.7 Å². The van der Waals surface area contributed by atoms with Gasteiger partial charge >= 0.3 is 0 Å². The van der Waals surface area contributed by atoms with Gasteiger partial charge < -0.3 is 19.9 Å². The van der Waals surface area contributed by atoms with Crippen LogP contribution in [0.1, 0.15) is 11.3 Å². The number of nitrogens with one attached hydrogen (secondary N) is 2. The third kappa shape index (κ3) is 5.16. The molecule has 0 radical (unpaired) electrons. The number of pyridine rings is 1. The first-order valence-electron chi connectivity index (χ1n) is 12.2. The number of aryl methyl sites for hydroxylation is 2. The van der Waals surface area contributed by atoms with E-state index < -0.39 is 0 Å². The van der Waals surface area contributed by atoms with Gasteiger partial charge in [0.05, 0.1) is 5.52 Å². The second-order valence-electron chi connectivity index (χ2n) is 8.99. The Labute approximate surface area is 223 Å². The third-order valence-electron chi connectivity index (χ3n) is 6.23. The van der Waals surface area contributed by atoms with Crippen LogP contribution in [-0.4, -0.2) is 35.0 Å². The standard InChI is InChI=1S/C29H24N8O2/c1-19-14-20(6-9-26(19)39-23-11-13-37-18-32-35-27(37)16-23)34-29-24-15-21(5-8-25(24)30-17-31-29)33-28(38)10-7-22-4-3-12-36(22)2/h3-18H,1-2H3,(H,33,38)(H,30,31,34)/b10-7+. The first kappa shape index (κ1) is 23.9. The number of amides is 1. The average Bonchev–Trinajstić information content (AvgIpc) is 3.57. The fraction of sp³-hybridized carbons (Fsp3) is 0.0690. The molecule has 39 heavy (non-hydrogen) atoms. The minimum absolute atomic E-state index is 0.226. The molecule has 2 N–H and O–H groups in total. The van der Waals surface area contributed by atoms with Crippen LogP contribution in [0, 0.1) is 6.92 Å². The highest BCUT2D eigenvalue weighted by molar-refractivity contribution is 6.03. The van der Waals surface area contributed by atoms with Gasteiger partial charge in [-0.2, -0.15) is 0 Å². The van der Waals surface area contributed by atoms with Crippen LogP contribution in [0.2, 0.25) is 0 Å². The van der Waals surface area contributed by atoms with Gasteiger partial charge in [-0.1, -0.05) is 0 Å². The molecule has 0 fully saturated rings. The zero-order valence-corrected chi connectivity index (χ0v) is 21.2. The number of nitrogens with zero attached hydrogens (tertiary/aromatic N) is 6. The molecule has 0 atom stereocenters. The molecular weight excluding hydrogens is 492 g/mol. The van der Waals surface area contributed by atoms with E-state index in [2.05, 4.69) is 30.8 Å². The van der Waals surface area contributed by atoms with Crippen LogP contribution in [0.25, 0.3) is 22.6 Å². The summed E-state index contributed by atoms with van der Waals surface area (Å²) >= 11 is 0. The van der Waals surface area contributed by atoms with Gasteiger partial charge in [0, 0.05) is 54.0 Å². The molecule has 10 nitrogen and oxygen atoms in total. The van der Waals surface area contributed by atoms with Crippen molar-refractivity contribution in [3.8, 4) is 11.5 Å². The monoisotopic (exact) mass is 516 g/mol. The fourth-order valence-corrected chi connectivity index (χ4v) is 4.19. The molecule has 0 bridgehead atoms. The van der Waals surface area contributed by atoms with E-state index in [1.807, 2.05) is 96.0 Å². The Bertz CT molecular complexity index is 1850. The molecule has 4 heterocycles. The van der Waals surface area contributed by atoms with Gasteiger partial charge in [-0.05, 0) is 73.2 Å². The number of carbonyl (C=O) groups is 1. The summed E-state index contributed by atoms with van der Waals surface area (Å²) in [7, 11) is 1.93. The summed E-state index contributed by atoms with van der Waals surface area (Å²) in [4.78, 5) is 21.3. The molecule has 0 spiro atoms. The molecule has 0 aliphatic carbocycles. The maximum absolute atomic E-state index is 12.5. The van der Waals surface area contributed by atoms with Gasteiger partial charge in [-0.3, -0.25) is 9.20 Å². The third-order valence-corrected chi connectivity index (χ3v) is 6.23. The summed E-state index contributed by atoms with van der Waals surface area (Å²) in [6, 6.07) is 18.9. The van der Waals surface area contributed by atoms with Crippen molar-refractivity contribution in [2.24, 2.45) is 7.05 Å². The second kappa shape index (κ2) is 10.1. The van der Waals surface area contributed by atoms with Crippen molar-refractivity contribution in [3.05, 3.63) is 103 Å². The van der Waals surface area contributed by atoms with Gasteiger partial charge in [0.15, 0.2) is 5.65 Å². The molecule has 4 aromatic heterocycles. The minimum atomic E-state index is -0.226. The summed E-state index contributed by atoms with van der Waals surface area (Å²) in [6.45, 7) is 1.98. The SMILES string of the molecule is Cc1cc(Nc2ncnc3ccc(NC(=O)/C=C/c4cccn4C)cc23)ccc1Oc1ccn2cnnc2c1. The van der Waals surface area contributed by atoms with Crippen LogP contribution in [0.3, 0.4) is 0 Å². The van der Waals surface area contributed by atoms with E-state index in [0.29, 0.717) is 22.9 Å². The van der Waals surface area contributed by atoms with E-state index in [0.717, 1.165) is 33.6 Å². The number of aromatic nitrogens is 6. The van der Waals surface area contributed by atoms with Gasteiger partial charge in [-0.25, -0.2) is 9.97 Å². The number of anilines is 3. The number of rotatable bonds is 7. The van der Waals surface area contributed by atoms with Crippen LogP contribution >= 0.6 is 0 Å². The predicted molar refractivity (Wildman–Crippen MR) is 150 cm³/mol. The van der Waals surface area contributed by atoms with Crippen LogP contribution in [-0.2, 0) is 11.8 Å². The topological polar surface area (TPSA) is 111 Å². The molecule has 192 valence electrons. The van der Waals surface area contributed by atoms with E-state index in [1.165, 1.54) is 12.4 Å². The van der Waals surface area contributed by atoms with Gasteiger partial charge in [0.25, 0.3) is 0 Å². The van der Waals surface area contributed by atoms with E-state index in [1.54, 1.807) is 12.4 Å². The quantitative estimate of drug-likeness (QED) is 0.269. The lowest BCUT2D eigenvalue weighted by Crippen LogP contribution is -2.08. The number of hydrogen-bond acceptors (Lipinski definition) is 7. The molecule has 2 aromatic carbocycles. The van der Waals surface area contributed by atoms with Crippen molar-refractivity contribution in [1.82, 2.24) is 29.1 Å². The smallest absolute Gasteiger partial charge is 0.248 e. The number of ether oxygens (including phenoxy) is 1. The lowest BCUT2D eigenvalue weighted by molar-refractivity contribution is -0.111. The van der Waals surface area contributed by atoms with Crippen molar-refractivity contribution in [2.45, 2.75) is 6.92 Å². The molecule has 0 saturated carbocycles. The van der Waals surface area contributed by atoms with Crippen molar-refractivity contribution in [1.29, 1.82) is 0 Å². The highest BCUT2D eigenvalue weighted by atomic mass is 16.5. The number of benzene rings is 2. The molecule has 0 aliphatic rings. The molecule has 6 rings (SSSR count). The highest BCUT2D eigenvalue weighted by Gasteiger charge is 2.09. The van der Waals surface area contributed by atoms with Crippen LogP contribution < -0.4 is 15.4 Å². The van der Waals surface area contributed by atoms with E-state index in [-0.39, 0.29) is 5.91 Å². The largest absolute Gasteiger partial charge is 0.457 e. The zero-order valence-electron chi connectivity index (χ0n) is 21.2. The zero-order chi connectivity index (χ0) is 26.8. The molecule has 10 heteroatoms. The fourth-order valence-electron chi connectivity index (χ4n) is 4.19. The number of hydrogen-bond donors (Lipinski definition) is 2. The Morgan fingerprint density at radius 1 is 1.00 bits per heavy atom. The van der Waals surface area contributed by atoms with Gasteiger partial charge in [0.2, 0.25) is 5.91 Å². The first-order chi connectivity index (χ1) is 19.0. The Kier molecular flexibility index (Phi) is 6.18.